The molecule has 0 saturated carbocycles. The zero-order valence-electron chi connectivity index (χ0n) is 13.3. The Labute approximate surface area is 141 Å². The van der Waals surface area contributed by atoms with Crippen molar-refractivity contribution in [2.24, 2.45) is 0 Å². The molecule has 0 amide bonds. The number of carbonyl (C=O) groups excluding carboxylic acids is 2. The van der Waals surface area contributed by atoms with Crippen molar-refractivity contribution in [3.63, 3.8) is 0 Å². The molecule has 24 heavy (non-hydrogen) atoms. The van der Waals surface area contributed by atoms with Crippen LogP contribution in [0.4, 0.5) is 0 Å². The quantitative estimate of drug-likeness (QED) is 0.551. The Morgan fingerprint density at radius 1 is 0.667 bits per heavy atom. The summed E-state index contributed by atoms with van der Waals surface area (Å²) >= 11 is 0. The van der Waals surface area contributed by atoms with Crippen molar-refractivity contribution in [3.05, 3.63) is 96.3 Å². The van der Waals surface area contributed by atoms with Crippen LogP contribution in [0.1, 0.15) is 11.1 Å². The highest BCUT2D eigenvalue weighted by Crippen LogP contribution is 1.98. The number of rotatable bonds is 9. The van der Waals surface area contributed by atoms with Crippen molar-refractivity contribution in [2.75, 3.05) is 0 Å². The van der Waals surface area contributed by atoms with Gasteiger partial charge in [0, 0.05) is 37.6 Å². The molecule has 0 aliphatic carbocycles. The molecule has 4 heteroatoms. The van der Waals surface area contributed by atoms with E-state index in [2.05, 4.69) is 10.6 Å². The number of benzene rings is 2. The molecule has 0 spiro atoms. The largest absolute Gasteiger partial charge is 0.387 e. The van der Waals surface area contributed by atoms with Crippen LogP contribution in [-0.2, 0) is 22.7 Å². The molecule has 2 aromatic carbocycles. The average Bonchev–Trinajstić information content (AvgIpc) is 2.63. The van der Waals surface area contributed by atoms with Gasteiger partial charge in [0.25, 0.3) is 0 Å². The number of hydrogen-bond donors (Lipinski definition) is 2. The van der Waals surface area contributed by atoms with Gasteiger partial charge in [-0.1, -0.05) is 60.7 Å². The monoisotopic (exact) mass is 320 g/mol. The first kappa shape index (κ1) is 17.2. The number of allylic oxidation sites excluding steroid dienone is 2. The molecule has 0 heterocycles. The Bertz CT molecular complexity index is 643. The molecular formula is C20H20N2O2. The smallest absolute Gasteiger partial charge is 0.227 e. The van der Waals surface area contributed by atoms with Crippen LogP contribution in [0.15, 0.2) is 85.2 Å². The lowest BCUT2D eigenvalue weighted by atomic mass is 10.2. The fourth-order valence-corrected chi connectivity index (χ4v) is 1.98. The van der Waals surface area contributed by atoms with Crippen LogP contribution < -0.4 is 10.6 Å². The maximum absolute atomic E-state index is 11.7. The zero-order chi connectivity index (χ0) is 17.0. The maximum Gasteiger partial charge on any atom is 0.227 e. The Balaban J connectivity index is 1.68. The Morgan fingerprint density at radius 3 is 1.42 bits per heavy atom. The maximum atomic E-state index is 11.7. The SMILES string of the molecule is O=C(C=CNCc1ccccc1)C(=O)C=CNCc1ccccc1. The third kappa shape index (κ3) is 6.32. The second-order valence-corrected chi connectivity index (χ2v) is 5.13. The minimum Gasteiger partial charge on any atom is -0.387 e. The molecule has 2 N–H and O–H groups in total. The summed E-state index contributed by atoms with van der Waals surface area (Å²) in [6.07, 6.45) is 5.48. The fraction of sp³-hybridized carbons (Fsp3) is 0.100. The number of nitrogens with one attached hydrogen (secondary N) is 2. The van der Waals surface area contributed by atoms with Crippen LogP contribution in [-0.4, -0.2) is 11.6 Å². The molecule has 0 atom stereocenters. The Morgan fingerprint density at radius 2 is 1.04 bits per heavy atom. The van der Waals surface area contributed by atoms with E-state index < -0.39 is 11.6 Å². The van der Waals surface area contributed by atoms with Gasteiger partial charge in [-0.3, -0.25) is 9.59 Å². The molecule has 0 fully saturated rings. The lowest BCUT2D eigenvalue weighted by Gasteiger charge is -2.00. The standard InChI is InChI=1S/C20H20N2O2/c23-19(11-13-21-15-17-7-3-1-4-8-17)20(24)12-14-22-16-18-9-5-2-6-10-18/h1-14,21-22H,15-16H2. The first-order valence-corrected chi connectivity index (χ1v) is 7.72. The van der Waals surface area contributed by atoms with Gasteiger partial charge in [0.1, 0.15) is 0 Å². The summed E-state index contributed by atoms with van der Waals surface area (Å²) in [5.41, 5.74) is 2.21. The van der Waals surface area contributed by atoms with E-state index in [4.69, 9.17) is 0 Å². The molecule has 122 valence electrons. The molecule has 0 aliphatic rings. The van der Waals surface area contributed by atoms with Crippen molar-refractivity contribution < 1.29 is 9.59 Å². The molecule has 0 unspecified atom stereocenters. The first-order valence-electron chi connectivity index (χ1n) is 7.72. The second-order valence-electron chi connectivity index (χ2n) is 5.13. The molecule has 0 saturated heterocycles. The van der Waals surface area contributed by atoms with Gasteiger partial charge >= 0.3 is 0 Å². The van der Waals surface area contributed by atoms with Crippen molar-refractivity contribution in [3.8, 4) is 0 Å². The highest BCUT2D eigenvalue weighted by Gasteiger charge is 2.05. The molecule has 4 nitrogen and oxygen atoms in total. The summed E-state index contributed by atoms with van der Waals surface area (Å²) in [6, 6.07) is 19.6. The van der Waals surface area contributed by atoms with E-state index in [1.165, 1.54) is 24.6 Å². The molecule has 0 bridgehead atoms. The zero-order valence-corrected chi connectivity index (χ0v) is 13.3. The normalized spacial score (nSPS) is 10.8. The van der Waals surface area contributed by atoms with E-state index in [-0.39, 0.29) is 0 Å². The highest BCUT2D eigenvalue weighted by molar-refractivity contribution is 6.45. The van der Waals surface area contributed by atoms with Gasteiger partial charge in [0.2, 0.25) is 11.6 Å². The van der Waals surface area contributed by atoms with Crippen LogP contribution >= 0.6 is 0 Å². The van der Waals surface area contributed by atoms with E-state index in [1.807, 2.05) is 60.7 Å². The minimum atomic E-state index is -0.562. The topological polar surface area (TPSA) is 58.2 Å². The molecule has 0 aliphatic heterocycles. The minimum absolute atomic E-state index is 0.562. The average molecular weight is 320 g/mol. The van der Waals surface area contributed by atoms with Crippen molar-refractivity contribution in [1.82, 2.24) is 10.6 Å². The third-order valence-corrected chi connectivity index (χ3v) is 3.25. The second kappa shape index (κ2) is 9.79. The fourth-order valence-electron chi connectivity index (χ4n) is 1.98. The first-order chi connectivity index (χ1) is 11.8. The van der Waals surface area contributed by atoms with Gasteiger partial charge in [-0.2, -0.15) is 0 Å². The van der Waals surface area contributed by atoms with Crippen LogP contribution in [0.5, 0.6) is 0 Å². The van der Waals surface area contributed by atoms with Crippen molar-refractivity contribution >= 4 is 11.6 Å². The summed E-state index contributed by atoms with van der Waals surface area (Å²) in [5.74, 6) is -1.12. The van der Waals surface area contributed by atoms with Gasteiger partial charge in [-0.05, 0) is 11.1 Å². The molecule has 0 radical (unpaired) electrons. The van der Waals surface area contributed by atoms with Crippen molar-refractivity contribution in [1.29, 1.82) is 0 Å². The van der Waals surface area contributed by atoms with Crippen LogP contribution in [0.2, 0.25) is 0 Å². The summed E-state index contributed by atoms with van der Waals surface area (Å²) in [4.78, 5) is 23.3. The van der Waals surface area contributed by atoms with Crippen LogP contribution in [0, 0.1) is 0 Å². The van der Waals surface area contributed by atoms with E-state index in [0.717, 1.165) is 11.1 Å². The summed E-state index contributed by atoms with van der Waals surface area (Å²) < 4.78 is 0. The lowest BCUT2D eigenvalue weighted by molar-refractivity contribution is -0.130. The molecule has 2 aromatic rings. The van der Waals surface area contributed by atoms with E-state index >= 15 is 0 Å². The van der Waals surface area contributed by atoms with Gasteiger partial charge < -0.3 is 10.6 Å². The van der Waals surface area contributed by atoms with E-state index in [0.29, 0.717) is 13.1 Å². The number of carbonyl (C=O) groups is 2. The molecule has 0 aromatic heterocycles. The van der Waals surface area contributed by atoms with Crippen molar-refractivity contribution in [2.45, 2.75) is 13.1 Å². The summed E-state index contributed by atoms with van der Waals surface area (Å²) in [6.45, 7) is 1.21. The third-order valence-electron chi connectivity index (χ3n) is 3.25. The summed E-state index contributed by atoms with van der Waals surface area (Å²) in [5, 5.41) is 5.97. The van der Waals surface area contributed by atoms with Gasteiger partial charge in [0.15, 0.2) is 0 Å². The van der Waals surface area contributed by atoms with Crippen LogP contribution in [0.25, 0.3) is 0 Å². The van der Waals surface area contributed by atoms with E-state index in [9.17, 15) is 9.59 Å². The number of hydrogen-bond acceptors (Lipinski definition) is 4. The Kier molecular flexibility index (Phi) is 7.02. The Hall–Kier alpha value is -3.14. The summed E-state index contributed by atoms with van der Waals surface area (Å²) in [7, 11) is 0. The lowest BCUT2D eigenvalue weighted by Crippen LogP contribution is -2.12. The number of ketones is 2. The van der Waals surface area contributed by atoms with Gasteiger partial charge in [-0.25, -0.2) is 0 Å². The van der Waals surface area contributed by atoms with Gasteiger partial charge in [-0.15, -0.1) is 0 Å². The molecule has 2 rings (SSSR count). The predicted octanol–water partition coefficient (Wildman–Crippen LogP) is 2.73. The van der Waals surface area contributed by atoms with Gasteiger partial charge in [0.05, 0.1) is 0 Å². The highest BCUT2D eigenvalue weighted by atomic mass is 16.2. The predicted molar refractivity (Wildman–Crippen MR) is 94.9 cm³/mol. The molecular weight excluding hydrogens is 300 g/mol. The van der Waals surface area contributed by atoms with E-state index in [1.54, 1.807) is 0 Å². The van der Waals surface area contributed by atoms with Crippen LogP contribution in [0.3, 0.4) is 0 Å².